The SMILES string of the molecule is CC(C)N1CCC(NCCCn2ccnc2)CC1. The third-order valence-corrected chi connectivity index (χ3v) is 3.85. The van der Waals surface area contributed by atoms with Crippen molar-refractivity contribution >= 4 is 0 Å². The minimum Gasteiger partial charge on any atom is -0.337 e. The Kier molecular flexibility index (Phi) is 5.20. The average molecular weight is 250 g/mol. The summed E-state index contributed by atoms with van der Waals surface area (Å²) < 4.78 is 2.14. The first-order chi connectivity index (χ1) is 8.75. The molecule has 1 N–H and O–H groups in total. The van der Waals surface area contributed by atoms with Crippen molar-refractivity contribution < 1.29 is 0 Å². The molecule has 0 amide bonds. The number of aryl methyl sites for hydroxylation is 1. The van der Waals surface area contributed by atoms with Gasteiger partial charge in [0.05, 0.1) is 6.33 Å². The van der Waals surface area contributed by atoms with E-state index in [1.54, 1.807) is 0 Å². The van der Waals surface area contributed by atoms with Gasteiger partial charge in [-0.15, -0.1) is 0 Å². The second-order valence-corrected chi connectivity index (χ2v) is 5.51. The molecular weight excluding hydrogens is 224 g/mol. The molecule has 0 spiro atoms. The van der Waals surface area contributed by atoms with Crippen LogP contribution in [0.3, 0.4) is 0 Å². The van der Waals surface area contributed by atoms with Crippen LogP contribution in [0, 0.1) is 0 Å². The van der Waals surface area contributed by atoms with Crippen LogP contribution >= 0.6 is 0 Å². The van der Waals surface area contributed by atoms with E-state index in [0.717, 1.165) is 19.1 Å². The lowest BCUT2D eigenvalue weighted by molar-refractivity contribution is 0.161. The van der Waals surface area contributed by atoms with Crippen molar-refractivity contribution in [1.29, 1.82) is 0 Å². The molecule has 0 saturated carbocycles. The molecule has 2 rings (SSSR count). The normalized spacial score (nSPS) is 18.6. The summed E-state index contributed by atoms with van der Waals surface area (Å²) in [7, 11) is 0. The fourth-order valence-corrected chi connectivity index (χ4v) is 2.61. The van der Waals surface area contributed by atoms with Crippen molar-refractivity contribution in [3.63, 3.8) is 0 Å². The molecule has 1 saturated heterocycles. The van der Waals surface area contributed by atoms with E-state index in [1.807, 2.05) is 18.7 Å². The van der Waals surface area contributed by atoms with Crippen LogP contribution in [0.5, 0.6) is 0 Å². The smallest absolute Gasteiger partial charge is 0.0945 e. The van der Waals surface area contributed by atoms with Gasteiger partial charge in [-0.3, -0.25) is 0 Å². The Morgan fingerprint density at radius 1 is 1.33 bits per heavy atom. The van der Waals surface area contributed by atoms with Crippen LogP contribution in [0.1, 0.15) is 33.1 Å². The Morgan fingerprint density at radius 2 is 2.11 bits per heavy atom. The fraction of sp³-hybridized carbons (Fsp3) is 0.786. The van der Waals surface area contributed by atoms with E-state index in [1.165, 1.54) is 32.4 Å². The van der Waals surface area contributed by atoms with Crippen LogP contribution < -0.4 is 5.32 Å². The Labute approximate surface area is 110 Å². The predicted octanol–water partition coefficient (Wildman–Crippen LogP) is 1.74. The second kappa shape index (κ2) is 6.90. The molecule has 0 aromatic carbocycles. The van der Waals surface area contributed by atoms with Crippen molar-refractivity contribution in [2.24, 2.45) is 0 Å². The molecule has 4 nitrogen and oxygen atoms in total. The summed E-state index contributed by atoms with van der Waals surface area (Å²) in [4.78, 5) is 6.63. The van der Waals surface area contributed by atoms with Crippen LogP contribution in [0.25, 0.3) is 0 Å². The Hall–Kier alpha value is -0.870. The Morgan fingerprint density at radius 3 is 2.72 bits per heavy atom. The first-order valence-corrected chi connectivity index (χ1v) is 7.19. The van der Waals surface area contributed by atoms with Gasteiger partial charge in [0.15, 0.2) is 0 Å². The van der Waals surface area contributed by atoms with Crippen LogP contribution in [-0.4, -0.2) is 46.2 Å². The van der Waals surface area contributed by atoms with E-state index in [2.05, 4.69) is 33.6 Å². The summed E-state index contributed by atoms with van der Waals surface area (Å²) in [6.07, 6.45) is 9.53. The molecule has 1 aliphatic heterocycles. The van der Waals surface area contributed by atoms with Crippen molar-refractivity contribution in [1.82, 2.24) is 19.8 Å². The quantitative estimate of drug-likeness (QED) is 0.781. The van der Waals surface area contributed by atoms with Crippen LogP contribution in [0.2, 0.25) is 0 Å². The molecule has 0 aliphatic carbocycles. The number of rotatable bonds is 6. The number of aromatic nitrogens is 2. The zero-order valence-electron chi connectivity index (χ0n) is 11.7. The molecule has 102 valence electrons. The van der Waals surface area contributed by atoms with Gasteiger partial charge in [0.2, 0.25) is 0 Å². The van der Waals surface area contributed by atoms with Gasteiger partial charge >= 0.3 is 0 Å². The van der Waals surface area contributed by atoms with Gasteiger partial charge in [-0.25, -0.2) is 4.98 Å². The second-order valence-electron chi connectivity index (χ2n) is 5.51. The lowest BCUT2D eigenvalue weighted by Crippen LogP contribution is -2.45. The van der Waals surface area contributed by atoms with E-state index in [-0.39, 0.29) is 0 Å². The molecule has 0 atom stereocenters. The first-order valence-electron chi connectivity index (χ1n) is 7.19. The molecular formula is C14H26N4. The van der Waals surface area contributed by atoms with Crippen molar-refractivity contribution in [2.75, 3.05) is 19.6 Å². The van der Waals surface area contributed by atoms with Gasteiger partial charge in [-0.2, -0.15) is 0 Å². The first kappa shape index (κ1) is 13.6. The number of hydrogen-bond donors (Lipinski definition) is 1. The summed E-state index contributed by atoms with van der Waals surface area (Å²) in [5, 5.41) is 3.68. The van der Waals surface area contributed by atoms with E-state index < -0.39 is 0 Å². The lowest BCUT2D eigenvalue weighted by Gasteiger charge is -2.35. The summed E-state index contributed by atoms with van der Waals surface area (Å²) in [6, 6.07) is 1.43. The highest BCUT2D eigenvalue weighted by Crippen LogP contribution is 2.12. The van der Waals surface area contributed by atoms with E-state index in [4.69, 9.17) is 0 Å². The van der Waals surface area contributed by atoms with Gasteiger partial charge < -0.3 is 14.8 Å². The third-order valence-electron chi connectivity index (χ3n) is 3.85. The summed E-state index contributed by atoms with van der Waals surface area (Å²) >= 11 is 0. The number of likely N-dealkylation sites (tertiary alicyclic amines) is 1. The molecule has 2 heterocycles. The number of nitrogens with one attached hydrogen (secondary N) is 1. The molecule has 1 aromatic rings. The largest absolute Gasteiger partial charge is 0.337 e. The minimum absolute atomic E-state index is 0.701. The maximum atomic E-state index is 4.05. The van der Waals surface area contributed by atoms with Gasteiger partial charge in [0.1, 0.15) is 0 Å². The van der Waals surface area contributed by atoms with Gasteiger partial charge in [-0.05, 0) is 52.7 Å². The number of piperidine rings is 1. The number of nitrogens with zero attached hydrogens (tertiary/aromatic N) is 3. The summed E-state index contributed by atoms with van der Waals surface area (Å²) in [5.74, 6) is 0. The van der Waals surface area contributed by atoms with Crippen molar-refractivity contribution in [3.8, 4) is 0 Å². The highest BCUT2D eigenvalue weighted by Gasteiger charge is 2.19. The van der Waals surface area contributed by atoms with Crippen LogP contribution in [-0.2, 0) is 6.54 Å². The van der Waals surface area contributed by atoms with Gasteiger partial charge in [0, 0.05) is 31.0 Å². The topological polar surface area (TPSA) is 33.1 Å². The van der Waals surface area contributed by atoms with Crippen LogP contribution in [0.4, 0.5) is 0 Å². The molecule has 1 fully saturated rings. The lowest BCUT2D eigenvalue weighted by atomic mass is 10.0. The summed E-state index contributed by atoms with van der Waals surface area (Å²) in [6.45, 7) is 9.26. The molecule has 18 heavy (non-hydrogen) atoms. The average Bonchev–Trinajstić information content (AvgIpc) is 2.88. The highest BCUT2D eigenvalue weighted by atomic mass is 15.2. The molecule has 1 aliphatic rings. The molecule has 4 heteroatoms. The number of imidazole rings is 1. The van der Waals surface area contributed by atoms with Crippen LogP contribution in [0.15, 0.2) is 18.7 Å². The zero-order chi connectivity index (χ0) is 12.8. The maximum absolute atomic E-state index is 4.05. The molecule has 0 bridgehead atoms. The molecule has 0 unspecified atom stereocenters. The molecule has 1 aromatic heterocycles. The molecule has 0 radical (unpaired) electrons. The van der Waals surface area contributed by atoms with E-state index >= 15 is 0 Å². The highest BCUT2D eigenvalue weighted by molar-refractivity contribution is 4.79. The van der Waals surface area contributed by atoms with E-state index in [9.17, 15) is 0 Å². The summed E-state index contributed by atoms with van der Waals surface area (Å²) in [5.41, 5.74) is 0. The van der Waals surface area contributed by atoms with Crippen molar-refractivity contribution in [2.45, 2.75) is 51.7 Å². The van der Waals surface area contributed by atoms with Gasteiger partial charge in [0.25, 0.3) is 0 Å². The predicted molar refractivity (Wildman–Crippen MR) is 74.6 cm³/mol. The van der Waals surface area contributed by atoms with Gasteiger partial charge in [-0.1, -0.05) is 0 Å². The standard InChI is InChI=1S/C14H26N4/c1-13(2)18-9-4-14(5-10-18)16-6-3-8-17-11-7-15-12-17/h7,11-14,16H,3-6,8-10H2,1-2H3. The maximum Gasteiger partial charge on any atom is 0.0945 e. The van der Waals surface area contributed by atoms with E-state index in [0.29, 0.717) is 6.04 Å². The zero-order valence-corrected chi connectivity index (χ0v) is 11.7. The third kappa shape index (κ3) is 4.10. The fourth-order valence-electron chi connectivity index (χ4n) is 2.61. The van der Waals surface area contributed by atoms with Crippen molar-refractivity contribution in [3.05, 3.63) is 18.7 Å². The Balaban J connectivity index is 1.55. The monoisotopic (exact) mass is 250 g/mol. The number of hydrogen-bond acceptors (Lipinski definition) is 3. The Bertz CT molecular complexity index is 313. The minimum atomic E-state index is 0.701.